The summed E-state index contributed by atoms with van der Waals surface area (Å²) >= 11 is 0. The van der Waals surface area contributed by atoms with Gasteiger partial charge >= 0.3 is 5.97 Å². The summed E-state index contributed by atoms with van der Waals surface area (Å²) < 4.78 is 0. The van der Waals surface area contributed by atoms with Crippen molar-refractivity contribution < 1.29 is 19.8 Å². The first-order chi connectivity index (χ1) is 10.9. The summed E-state index contributed by atoms with van der Waals surface area (Å²) in [5, 5.41) is 27.8. The first kappa shape index (κ1) is 16.5. The number of phenols is 1. The second-order valence-corrected chi connectivity index (χ2v) is 5.15. The maximum atomic E-state index is 12.2. The van der Waals surface area contributed by atoms with E-state index in [1.807, 2.05) is 0 Å². The lowest BCUT2D eigenvalue weighted by Gasteiger charge is -2.10. The monoisotopic (exact) mass is 318 g/mol. The van der Waals surface area contributed by atoms with Gasteiger partial charge in [-0.05, 0) is 31.9 Å². The number of aryl methyl sites for hydroxylation is 1. The number of para-hydroxylation sites is 1. The van der Waals surface area contributed by atoms with E-state index < -0.39 is 11.9 Å². The van der Waals surface area contributed by atoms with Crippen molar-refractivity contribution in [3.8, 4) is 5.75 Å². The van der Waals surface area contributed by atoms with Crippen LogP contribution in [-0.4, -0.2) is 45.1 Å². The number of hydrogen-bond acceptors (Lipinski definition) is 6. The van der Waals surface area contributed by atoms with Gasteiger partial charge in [-0.3, -0.25) is 15.0 Å². The molecule has 0 fully saturated rings. The molecule has 1 aromatic carbocycles. The molecule has 1 aliphatic rings. The molecule has 23 heavy (non-hydrogen) atoms. The van der Waals surface area contributed by atoms with E-state index in [1.165, 1.54) is 5.01 Å². The molecule has 0 aliphatic carbocycles. The molecule has 1 aromatic rings. The zero-order chi connectivity index (χ0) is 17.0. The maximum Gasteiger partial charge on any atom is 0.303 e. The smallest absolute Gasteiger partial charge is 0.303 e. The van der Waals surface area contributed by atoms with Gasteiger partial charge in [-0.1, -0.05) is 12.1 Å². The van der Waals surface area contributed by atoms with Gasteiger partial charge in [0.2, 0.25) is 0 Å². The Kier molecular flexibility index (Phi) is 4.95. The number of carboxylic acid groups (broad SMARTS) is 1. The Morgan fingerprint density at radius 3 is 2.83 bits per heavy atom. The van der Waals surface area contributed by atoms with E-state index >= 15 is 0 Å². The van der Waals surface area contributed by atoms with E-state index in [4.69, 9.17) is 5.11 Å². The third-order valence-corrected chi connectivity index (χ3v) is 3.34. The topological polar surface area (TPSA) is 115 Å². The van der Waals surface area contributed by atoms with Crippen LogP contribution in [0.4, 0.5) is 5.69 Å². The van der Waals surface area contributed by atoms with Crippen molar-refractivity contribution in [2.75, 3.05) is 12.0 Å². The Hall–Kier alpha value is -2.90. The van der Waals surface area contributed by atoms with E-state index in [2.05, 4.69) is 15.6 Å². The fourth-order valence-corrected chi connectivity index (χ4v) is 2.08. The minimum absolute atomic E-state index is 0.0275. The lowest BCUT2D eigenvalue weighted by atomic mass is 10.2. The Morgan fingerprint density at radius 2 is 2.13 bits per heavy atom. The molecule has 0 unspecified atom stereocenters. The molecule has 0 atom stereocenters. The van der Waals surface area contributed by atoms with Crippen molar-refractivity contribution in [2.24, 2.45) is 10.2 Å². The van der Waals surface area contributed by atoms with Crippen LogP contribution in [-0.2, 0) is 9.59 Å². The highest BCUT2D eigenvalue weighted by Gasteiger charge is 2.29. The first-order valence-corrected chi connectivity index (χ1v) is 7.11. The molecule has 0 saturated heterocycles. The molecule has 0 radical (unpaired) electrons. The Balaban J connectivity index is 2.05. The van der Waals surface area contributed by atoms with E-state index in [0.717, 1.165) is 0 Å². The quantitative estimate of drug-likeness (QED) is 0.544. The van der Waals surface area contributed by atoms with Crippen LogP contribution in [0.15, 0.2) is 28.4 Å². The minimum atomic E-state index is -0.914. The van der Waals surface area contributed by atoms with Crippen LogP contribution in [0, 0.1) is 6.92 Å². The summed E-state index contributed by atoms with van der Waals surface area (Å²) in [5.41, 5.74) is 4.32. The number of phenolic OH excluding ortho intramolecular Hbond substituents is 1. The normalized spacial score (nSPS) is 15.9. The summed E-state index contributed by atoms with van der Waals surface area (Å²) in [5.74, 6) is -1.24. The Morgan fingerprint density at radius 1 is 1.39 bits per heavy atom. The summed E-state index contributed by atoms with van der Waals surface area (Å²) in [6.07, 6.45) is 0.289. The summed E-state index contributed by atoms with van der Waals surface area (Å²) in [7, 11) is 0. The largest absolute Gasteiger partial charge is 0.505 e. The molecule has 0 aromatic heterocycles. The average Bonchev–Trinajstić information content (AvgIpc) is 2.75. The molecule has 1 amide bonds. The highest BCUT2D eigenvalue weighted by Crippen LogP contribution is 2.26. The van der Waals surface area contributed by atoms with Crippen molar-refractivity contribution in [1.29, 1.82) is 0 Å². The molecule has 8 heteroatoms. The number of rotatable bonds is 6. The number of nitrogens with zero attached hydrogens (tertiary/aromatic N) is 3. The van der Waals surface area contributed by atoms with Gasteiger partial charge in [-0.2, -0.15) is 10.2 Å². The van der Waals surface area contributed by atoms with Crippen molar-refractivity contribution >= 4 is 29.0 Å². The van der Waals surface area contributed by atoms with Crippen molar-refractivity contribution in [1.82, 2.24) is 5.01 Å². The zero-order valence-corrected chi connectivity index (χ0v) is 12.9. The predicted molar refractivity (Wildman–Crippen MR) is 85.6 cm³/mol. The number of anilines is 1. The van der Waals surface area contributed by atoms with Crippen LogP contribution in [0.2, 0.25) is 0 Å². The molecule has 1 heterocycles. The van der Waals surface area contributed by atoms with Gasteiger partial charge in [-0.25, -0.2) is 5.01 Å². The number of hydrazone groups is 2. The molecule has 3 N–H and O–H groups in total. The van der Waals surface area contributed by atoms with Crippen LogP contribution in [0.3, 0.4) is 0 Å². The highest BCUT2D eigenvalue weighted by molar-refractivity contribution is 6.68. The van der Waals surface area contributed by atoms with Crippen LogP contribution >= 0.6 is 0 Å². The molecule has 8 nitrogen and oxygen atoms in total. The molecule has 2 rings (SSSR count). The number of carboxylic acids is 1. The number of carbonyl (C=O) groups excluding carboxylic acids is 1. The predicted octanol–water partition coefficient (Wildman–Crippen LogP) is 1.55. The number of benzene rings is 1. The van der Waals surface area contributed by atoms with E-state index in [9.17, 15) is 14.7 Å². The third-order valence-electron chi connectivity index (χ3n) is 3.34. The Bertz CT molecular complexity index is 697. The van der Waals surface area contributed by atoms with Gasteiger partial charge in [-0.15, -0.1) is 0 Å². The molecule has 0 spiro atoms. The van der Waals surface area contributed by atoms with Gasteiger partial charge in [0.15, 0.2) is 5.71 Å². The van der Waals surface area contributed by atoms with Crippen LogP contribution in [0.1, 0.15) is 25.3 Å². The second kappa shape index (κ2) is 6.91. The molecular weight excluding hydrogens is 300 g/mol. The van der Waals surface area contributed by atoms with Gasteiger partial charge in [0, 0.05) is 13.0 Å². The van der Waals surface area contributed by atoms with E-state index in [-0.39, 0.29) is 24.4 Å². The number of nitrogens with one attached hydrogen (secondary N) is 1. The molecule has 1 aliphatic heterocycles. The lowest BCUT2D eigenvalue weighted by Crippen LogP contribution is -2.29. The minimum Gasteiger partial charge on any atom is -0.505 e. The standard InChI is InChI=1S/C15H18N4O4/c1-9-5-3-6-11(14(9)22)16-17-13-10(2)18-19(15(13)23)8-4-7-12(20)21/h3,5-6,16,22H,4,7-8H2,1-2H3,(H,20,21)/b17-13-. The van der Waals surface area contributed by atoms with Gasteiger partial charge in [0.1, 0.15) is 5.75 Å². The number of hydrogen-bond donors (Lipinski definition) is 3. The van der Waals surface area contributed by atoms with Crippen LogP contribution < -0.4 is 5.43 Å². The molecule has 122 valence electrons. The van der Waals surface area contributed by atoms with Gasteiger partial charge in [0.05, 0.1) is 11.4 Å². The fraction of sp³-hybridized carbons (Fsp3) is 0.333. The van der Waals surface area contributed by atoms with E-state index in [0.29, 0.717) is 23.4 Å². The first-order valence-electron chi connectivity index (χ1n) is 7.11. The van der Waals surface area contributed by atoms with Gasteiger partial charge < -0.3 is 10.2 Å². The van der Waals surface area contributed by atoms with Crippen molar-refractivity contribution in [2.45, 2.75) is 26.7 Å². The average molecular weight is 318 g/mol. The lowest BCUT2D eigenvalue weighted by molar-refractivity contribution is -0.137. The fourth-order valence-electron chi connectivity index (χ4n) is 2.08. The number of aromatic hydroxyl groups is 1. The summed E-state index contributed by atoms with van der Waals surface area (Å²) in [6.45, 7) is 3.62. The summed E-state index contributed by atoms with van der Waals surface area (Å²) in [6, 6.07) is 5.15. The van der Waals surface area contributed by atoms with Crippen LogP contribution in [0.5, 0.6) is 5.75 Å². The zero-order valence-electron chi connectivity index (χ0n) is 12.9. The highest BCUT2D eigenvalue weighted by atomic mass is 16.4. The number of amides is 1. The second-order valence-electron chi connectivity index (χ2n) is 5.15. The van der Waals surface area contributed by atoms with Crippen molar-refractivity contribution in [3.05, 3.63) is 23.8 Å². The Labute approximate surface area is 133 Å². The van der Waals surface area contributed by atoms with E-state index in [1.54, 1.807) is 32.0 Å². The number of carbonyl (C=O) groups is 2. The molecule has 0 bridgehead atoms. The maximum absolute atomic E-state index is 12.2. The summed E-state index contributed by atoms with van der Waals surface area (Å²) in [4.78, 5) is 22.7. The van der Waals surface area contributed by atoms with Gasteiger partial charge in [0.25, 0.3) is 5.91 Å². The number of aliphatic carboxylic acids is 1. The third kappa shape index (κ3) is 3.85. The molecular formula is C15H18N4O4. The van der Waals surface area contributed by atoms with Crippen LogP contribution in [0.25, 0.3) is 0 Å². The molecule has 0 saturated carbocycles. The van der Waals surface area contributed by atoms with Crippen molar-refractivity contribution in [3.63, 3.8) is 0 Å². The SMILES string of the molecule is CC1=NN(CCCC(=O)O)C(=O)/C1=N\Nc1cccc(C)c1O.